The molecule has 1 aromatic rings. The molecule has 2 rings (SSSR count). The number of ether oxygens (including phenoxy) is 1. The van der Waals surface area contributed by atoms with Gasteiger partial charge in [0, 0.05) is 23.7 Å². The third-order valence-electron chi connectivity index (χ3n) is 4.23. The number of nitrogens with two attached hydrogens (primary N) is 1. The van der Waals surface area contributed by atoms with Crippen LogP contribution in [0.15, 0.2) is 18.2 Å². The van der Waals surface area contributed by atoms with Crippen molar-refractivity contribution < 1.29 is 9.66 Å². The van der Waals surface area contributed by atoms with Gasteiger partial charge in [-0.2, -0.15) is 0 Å². The highest BCUT2D eigenvalue weighted by atomic mass is 16.6. The monoisotopic (exact) mass is 278 g/mol. The Morgan fingerprint density at radius 1 is 1.45 bits per heavy atom. The fourth-order valence-electron chi connectivity index (χ4n) is 3.02. The Kier molecular flexibility index (Phi) is 4.95. The lowest BCUT2D eigenvalue weighted by atomic mass is 9.93. The Bertz CT molecular complexity index is 470. The first-order chi connectivity index (χ1) is 9.61. The molecule has 0 amide bonds. The number of nitro benzene ring substituents is 1. The first-order valence-corrected chi connectivity index (χ1v) is 7.18. The van der Waals surface area contributed by atoms with Crippen LogP contribution in [0.2, 0.25) is 0 Å². The van der Waals surface area contributed by atoms with Gasteiger partial charge in [-0.1, -0.05) is 12.8 Å². The summed E-state index contributed by atoms with van der Waals surface area (Å²) in [4.78, 5) is 10.5. The molecule has 2 N–H and O–H groups in total. The Hall–Kier alpha value is -1.62. The van der Waals surface area contributed by atoms with E-state index in [-0.39, 0.29) is 16.7 Å². The maximum absolute atomic E-state index is 10.8. The van der Waals surface area contributed by atoms with Gasteiger partial charge in [-0.3, -0.25) is 10.1 Å². The SMILES string of the molecule is COc1ccc([N+](=O)[O-])cc1CCC(N)C1CCCC1. The van der Waals surface area contributed by atoms with Gasteiger partial charge in [-0.05, 0) is 37.7 Å². The van der Waals surface area contributed by atoms with Gasteiger partial charge in [0.2, 0.25) is 0 Å². The fourth-order valence-corrected chi connectivity index (χ4v) is 3.02. The van der Waals surface area contributed by atoms with Gasteiger partial charge in [-0.25, -0.2) is 0 Å². The molecule has 0 aliphatic heterocycles. The molecule has 1 atom stereocenters. The number of aryl methyl sites for hydroxylation is 1. The zero-order valence-electron chi connectivity index (χ0n) is 11.9. The van der Waals surface area contributed by atoms with Crippen molar-refractivity contribution in [3.63, 3.8) is 0 Å². The number of nitrogens with zero attached hydrogens (tertiary/aromatic N) is 1. The lowest BCUT2D eigenvalue weighted by molar-refractivity contribution is -0.384. The second-order valence-electron chi connectivity index (χ2n) is 5.50. The molecule has 1 aromatic carbocycles. The lowest BCUT2D eigenvalue weighted by Crippen LogP contribution is -2.28. The van der Waals surface area contributed by atoms with Crippen molar-refractivity contribution in [1.29, 1.82) is 0 Å². The van der Waals surface area contributed by atoms with Crippen LogP contribution in [0, 0.1) is 16.0 Å². The smallest absolute Gasteiger partial charge is 0.269 e. The van der Waals surface area contributed by atoms with E-state index in [1.54, 1.807) is 19.2 Å². The van der Waals surface area contributed by atoms with Crippen LogP contribution in [0.25, 0.3) is 0 Å². The average molecular weight is 278 g/mol. The maximum atomic E-state index is 10.8. The number of benzene rings is 1. The van der Waals surface area contributed by atoms with Crippen molar-refractivity contribution in [3.05, 3.63) is 33.9 Å². The van der Waals surface area contributed by atoms with E-state index in [1.165, 1.54) is 31.7 Å². The molecular weight excluding hydrogens is 256 g/mol. The highest BCUT2D eigenvalue weighted by Gasteiger charge is 2.22. The third-order valence-corrected chi connectivity index (χ3v) is 4.23. The van der Waals surface area contributed by atoms with Gasteiger partial charge in [0.25, 0.3) is 5.69 Å². The van der Waals surface area contributed by atoms with E-state index in [4.69, 9.17) is 10.5 Å². The molecule has 1 aliphatic carbocycles. The van der Waals surface area contributed by atoms with Crippen LogP contribution >= 0.6 is 0 Å². The topological polar surface area (TPSA) is 78.4 Å². The van der Waals surface area contributed by atoms with Crippen LogP contribution in [0.5, 0.6) is 5.75 Å². The highest BCUT2D eigenvalue weighted by molar-refractivity contribution is 5.43. The summed E-state index contributed by atoms with van der Waals surface area (Å²) in [5.41, 5.74) is 7.22. The Morgan fingerprint density at radius 2 is 2.15 bits per heavy atom. The summed E-state index contributed by atoms with van der Waals surface area (Å²) in [6.45, 7) is 0. The molecule has 0 bridgehead atoms. The number of nitro groups is 1. The molecule has 1 unspecified atom stereocenters. The van der Waals surface area contributed by atoms with Crippen molar-refractivity contribution >= 4 is 5.69 Å². The van der Waals surface area contributed by atoms with Crippen molar-refractivity contribution in [3.8, 4) is 5.75 Å². The van der Waals surface area contributed by atoms with E-state index in [1.807, 2.05) is 0 Å². The number of hydrogen-bond acceptors (Lipinski definition) is 4. The molecule has 1 aliphatic rings. The maximum Gasteiger partial charge on any atom is 0.269 e. The second-order valence-corrected chi connectivity index (χ2v) is 5.50. The van der Waals surface area contributed by atoms with Gasteiger partial charge in [0.1, 0.15) is 5.75 Å². The summed E-state index contributed by atoms with van der Waals surface area (Å²) >= 11 is 0. The predicted molar refractivity (Wildman–Crippen MR) is 77.9 cm³/mol. The Labute approximate surface area is 119 Å². The molecule has 1 saturated carbocycles. The van der Waals surface area contributed by atoms with E-state index in [2.05, 4.69) is 0 Å². The van der Waals surface area contributed by atoms with E-state index in [0.717, 1.165) is 18.4 Å². The number of non-ortho nitro benzene ring substituents is 1. The van der Waals surface area contributed by atoms with Crippen molar-refractivity contribution in [2.75, 3.05) is 7.11 Å². The molecule has 1 fully saturated rings. The molecule has 0 aromatic heterocycles. The summed E-state index contributed by atoms with van der Waals surface area (Å²) < 4.78 is 5.27. The average Bonchev–Trinajstić information content (AvgIpc) is 2.98. The summed E-state index contributed by atoms with van der Waals surface area (Å²) in [6.07, 6.45) is 6.56. The molecule has 110 valence electrons. The van der Waals surface area contributed by atoms with Gasteiger partial charge < -0.3 is 10.5 Å². The largest absolute Gasteiger partial charge is 0.496 e. The molecule has 5 heteroatoms. The molecular formula is C15H22N2O3. The second kappa shape index (κ2) is 6.70. The third kappa shape index (κ3) is 3.48. The Morgan fingerprint density at radius 3 is 2.75 bits per heavy atom. The standard InChI is InChI=1S/C15H22N2O3/c1-20-15-9-7-13(17(18)19)10-12(15)6-8-14(16)11-4-2-3-5-11/h7,9-11,14H,2-6,8,16H2,1H3. The molecule has 5 nitrogen and oxygen atoms in total. The minimum atomic E-state index is -0.375. The molecule has 0 heterocycles. The quantitative estimate of drug-likeness (QED) is 0.640. The van der Waals surface area contributed by atoms with Gasteiger partial charge in [-0.15, -0.1) is 0 Å². The van der Waals surface area contributed by atoms with E-state index in [9.17, 15) is 10.1 Å². The fraction of sp³-hybridized carbons (Fsp3) is 0.600. The molecule has 0 radical (unpaired) electrons. The lowest BCUT2D eigenvalue weighted by Gasteiger charge is -2.19. The van der Waals surface area contributed by atoms with Gasteiger partial charge >= 0.3 is 0 Å². The zero-order chi connectivity index (χ0) is 14.5. The van der Waals surface area contributed by atoms with Crippen LogP contribution in [0.3, 0.4) is 0 Å². The van der Waals surface area contributed by atoms with Crippen molar-refractivity contribution in [1.82, 2.24) is 0 Å². The van der Waals surface area contributed by atoms with Crippen LogP contribution in [0.4, 0.5) is 5.69 Å². The predicted octanol–water partition coefficient (Wildman–Crippen LogP) is 3.05. The normalized spacial score (nSPS) is 17.1. The zero-order valence-corrected chi connectivity index (χ0v) is 11.9. The molecule has 20 heavy (non-hydrogen) atoms. The van der Waals surface area contributed by atoms with E-state index < -0.39 is 0 Å². The molecule has 0 spiro atoms. The summed E-state index contributed by atoms with van der Waals surface area (Å²) in [7, 11) is 1.58. The van der Waals surface area contributed by atoms with Gasteiger partial charge in [0.05, 0.1) is 12.0 Å². The summed E-state index contributed by atoms with van der Waals surface area (Å²) in [6, 6.07) is 4.91. The van der Waals surface area contributed by atoms with Crippen molar-refractivity contribution in [2.24, 2.45) is 11.7 Å². The van der Waals surface area contributed by atoms with Crippen molar-refractivity contribution in [2.45, 2.75) is 44.6 Å². The van der Waals surface area contributed by atoms with Crippen LogP contribution < -0.4 is 10.5 Å². The Balaban J connectivity index is 2.03. The van der Waals surface area contributed by atoms with E-state index >= 15 is 0 Å². The molecule has 0 saturated heterocycles. The van der Waals surface area contributed by atoms with Gasteiger partial charge in [0.15, 0.2) is 0 Å². The number of rotatable bonds is 6. The summed E-state index contributed by atoms with van der Waals surface area (Å²) in [5.74, 6) is 1.31. The summed E-state index contributed by atoms with van der Waals surface area (Å²) in [5, 5.41) is 10.8. The van der Waals surface area contributed by atoms with E-state index in [0.29, 0.717) is 11.7 Å². The van der Waals surface area contributed by atoms with Crippen LogP contribution in [-0.2, 0) is 6.42 Å². The minimum Gasteiger partial charge on any atom is -0.496 e. The first kappa shape index (κ1) is 14.8. The highest BCUT2D eigenvalue weighted by Crippen LogP contribution is 2.30. The minimum absolute atomic E-state index is 0.107. The number of hydrogen-bond donors (Lipinski definition) is 1. The van der Waals surface area contributed by atoms with Crippen LogP contribution in [-0.4, -0.2) is 18.1 Å². The number of methoxy groups -OCH3 is 1. The van der Waals surface area contributed by atoms with Crippen LogP contribution in [0.1, 0.15) is 37.7 Å². The first-order valence-electron chi connectivity index (χ1n) is 7.18.